The van der Waals surface area contributed by atoms with Crippen molar-refractivity contribution in [3.63, 3.8) is 0 Å². The molecule has 0 aromatic heterocycles. The fourth-order valence-corrected chi connectivity index (χ4v) is 2.06. The largest absolute Gasteiger partial charge is 0.478 e. The van der Waals surface area contributed by atoms with Gasteiger partial charge in [0.15, 0.2) is 0 Å². The molecule has 0 unspecified atom stereocenters. The zero-order chi connectivity index (χ0) is 15.1. The van der Waals surface area contributed by atoms with Crippen molar-refractivity contribution in [3.05, 3.63) is 71.0 Å². The Morgan fingerprint density at radius 1 is 1.10 bits per heavy atom. The molecule has 0 aliphatic carbocycles. The van der Waals surface area contributed by atoms with E-state index in [1.54, 1.807) is 6.07 Å². The van der Waals surface area contributed by atoms with Crippen LogP contribution in [0.4, 0.5) is 4.39 Å². The Hall–Kier alpha value is -2.20. The Labute approximate surface area is 123 Å². The van der Waals surface area contributed by atoms with Crippen LogP contribution in [0.15, 0.2) is 48.5 Å². The molecule has 1 N–H and O–H groups in total. The molecule has 0 saturated carbocycles. The zero-order valence-electron chi connectivity index (χ0n) is 11.6. The molecular weight excluding hydrogens is 271 g/mol. The van der Waals surface area contributed by atoms with Gasteiger partial charge in [0.2, 0.25) is 0 Å². The molecular formula is C17H17FO3. The minimum absolute atomic E-state index is 0.0851. The molecule has 0 aliphatic heterocycles. The Balaban J connectivity index is 1.79. The summed E-state index contributed by atoms with van der Waals surface area (Å²) in [7, 11) is 0. The maximum absolute atomic E-state index is 13.8. The lowest BCUT2D eigenvalue weighted by atomic mass is 10.1. The Kier molecular flexibility index (Phi) is 5.46. The van der Waals surface area contributed by atoms with Gasteiger partial charge in [-0.1, -0.05) is 42.5 Å². The predicted octanol–water partition coefficient (Wildman–Crippen LogP) is 3.67. The Morgan fingerprint density at radius 2 is 1.86 bits per heavy atom. The minimum atomic E-state index is -1.27. The van der Waals surface area contributed by atoms with Crippen LogP contribution in [-0.2, 0) is 17.8 Å². The summed E-state index contributed by atoms with van der Waals surface area (Å²) in [6.45, 7) is 0.591. The molecule has 4 heteroatoms. The van der Waals surface area contributed by atoms with E-state index >= 15 is 0 Å². The molecule has 0 aliphatic rings. The van der Waals surface area contributed by atoms with Crippen molar-refractivity contribution >= 4 is 5.97 Å². The molecule has 0 saturated heterocycles. The van der Waals surface area contributed by atoms with E-state index in [2.05, 4.69) is 12.1 Å². The van der Waals surface area contributed by atoms with E-state index in [0.717, 1.165) is 12.8 Å². The zero-order valence-corrected chi connectivity index (χ0v) is 11.6. The fourth-order valence-electron chi connectivity index (χ4n) is 2.06. The van der Waals surface area contributed by atoms with E-state index in [1.807, 2.05) is 18.2 Å². The lowest BCUT2D eigenvalue weighted by Gasteiger charge is -2.07. The molecule has 0 amide bonds. The van der Waals surface area contributed by atoms with Crippen LogP contribution in [0.5, 0.6) is 0 Å². The molecule has 0 fully saturated rings. The van der Waals surface area contributed by atoms with Gasteiger partial charge in [-0.3, -0.25) is 0 Å². The summed E-state index contributed by atoms with van der Waals surface area (Å²) >= 11 is 0. The first kappa shape index (κ1) is 15.2. The molecule has 0 radical (unpaired) electrons. The summed E-state index contributed by atoms with van der Waals surface area (Å²) in [4.78, 5) is 10.8. The van der Waals surface area contributed by atoms with E-state index in [1.165, 1.54) is 17.7 Å². The van der Waals surface area contributed by atoms with E-state index in [9.17, 15) is 9.18 Å². The van der Waals surface area contributed by atoms with Gasteiger partial charge in [0.05, 0.1) is 12.2 Å². The van der Waals surface area contributed by atoms with Crippen molar-refractivity contribution in [2.24, 2.45) is 0 Å². The summed E-state index contributed by atoms with van der Waals surface area (Å²) in [5.74, 6) is -1.98. The number of benzene rings is 2. The van der Waals surface area contributed by atoms with Crippen LogP contribution < -0.4 is 0 Å². The first-order valence-electron chi connectivity index (χ1n) is 6.81. The van der Waals surface area contributed by atoms with Crippen molar-refractivity contribution in [1.29, 1.82) is 0 Å². The first-order chi connectivity index (χ1) is 10.2. The smallest absolute Gasteiger partial charge is 0.338 e. The molecule has 2 rings (SSSR count). The molecule has 2 aromatic rings. The minimum Gasteiger partial charge on any atom is -0.478 e. The van der Waals surface area contributed by atoms with Crippen molar-refractivity contribution in [3.8, 4) is 0 Å². The molecule has 0 heterocycles. The standard InChI is InChI=1S/C17H17FO3/c18-16-14(9-4-10-15(16)17(19)20)12-21-11-5-8-13-6-2-1-3-7-13/h1-4,6-7,9-10H,5,8,11-12H2,(H,19,20). The van der Waals surface area contributed by atoms with Gasteiger partial charge in [-0.25, -0.2) is 9.18 Å². The van der Waals surface area contributed by atoms with Crippen LogP contribution in [0.1, 0.15) is 27.9 Å². The Bertz CT molecular complexity index is 596. The number of carboxylic acid groups (broad SMARTS) is 1. The number of halogens is 1. The average Bonchev–Trinajstić information content (AvgIpc) is 2.49. The maximum atomic E-state index is 13.8. The van der Waals surface area contributed by atoms with Gasteiger partial charge >= 0.3 is 5.97 Å². The van der Waals surface area contributed by atoms with Crippen LogP contribution >= 0.6 is 0 Å². The third-order valence-corrected chi connectivity index (χ3v) is 3.16. The summed E-state index contributed by atoms with van der Waals surface area (Å²) in [6, 6.07) is 14.4. The Morgan fingerprint density at radius 3 is 2.57 bits per heavy atom. The summed E-state index contributed by atoms with van der Waals surface area (Å²) in [5, 5.41) is 8.84. The van der Waals surface area contributed by atoms with E-state index in [-0.39, 0.29) is 17.7 Å². The SMILES string of the molecule is O=C(O)c1cccc(COCCCc2ccccc2)c1F. The number of carbonyl (C=O) groups is 1. The van der Waals surface area contributed by atoms with Crippen LogP contribution in [0.25, 0.3) is 0 Å². The van der Waals surface area contributed by atoms with Crippen molar-refractivity contribution in [1.82, 2.24) is 0 Å². The molecule has 0 bridgehead atoms. The normalized spacial score (nSPS) is 10.5. The van der Waals surface area contributed by atoms with Crippen LogP contribution in [-0.4, -0.2) is 17.7 Å². The summed E-state index contributed by atoms with van der Waals surface area (Å²) < 4.78 is 19.3. The predicted molar refractivity (Wildman–Crippen MR) is 77.8 cm³/mol. The molecule has 3 nitrogen and oxygen atoms in total. The molecule has 21 heavy (non-hydrogen) atoms. The third-order valence-electron chi connectivity index (χ3n) is 3.16. The lowest BCUT2D eigenvalue weighted by molar-refractivity contribution is 0.0690. The van der Waals surface area contributed by atoms with Crippen LogP contribution in [0.3, 0.4) is 0 Å². The number of carboxylic acids is 1. The second-order valence-electron chi connectivity index (χ2n) is 4.73. The van der Waals surface area contributed by atoms with E-state index in [4.69, 9.17) is 9.84 Å². The van der Waals surface area contributed by atoms with Crippen LogP contribution in [0, 0.1) is 5.82 Å². The van der Waals surface area contributed by atoms with Gasteiger partial charge < -0.3 is 9.84 Å². The molecule has 110 valence electrons. The fraction of sp³-hybridized carbons (Fsp3) is 0.235. The van der Waals surface area contributed by atoms with Crippen molar-refractivity contribution < 1.29 is 19.0 Å². The highest BCUT2D eigenvalue weighted by Gasteiger charge is 2.13. The van der Waals surface area contributed by atoms with Gasteiger partial charge in [0, 0.05) is 12.2 Å². The number of aryl methyl sites for hydroxylation is 1. The topological polar surface area (TPSA) is 46.5 Å². The van der Waals surface area contributed by atoms with E-state index in [0.29, 0.717) is 6.61 Å². The maximum Gasteiger partial charge on any atom is 0.338 e. The number of hydrogen-bond donors (Lipinski definition) is 1. The number of rotatable bonds is 7. The number of hydrogen-bond acceptors (Lipinski definition) is 2. The van der Waals surface area contributed by atoms with Gasteiger partial charge in [-0.05, 0) is 24.5 Å². The van der Waals surface area contributed by atoms with Gasteiger partial charge in [-0.2, -0.15) is 0 Å². The quantitative estimate of drug-likeness (QED) is 0.791. The second kappa shape index (κ2) is 7.55. The third kappa shape index (κ3) is 4.39. The summed E-state index contributed by atoms with van der Waals surface area (Å²) in [5.41, 5.74) is 1.19. The highest BCUT2D eigenvalue weighted by Crippen LogP contribution is 2.14. The highest BCUT2D eigenvalue weighted by atomic mass is 19.1. The first-order valence-corrected chi connectivity index (χ1v) is 6.81. The van der Waals surface area contributed by atoms with Crippen LogP contribution in [0.2, 0.25) is 0 Å². The average molecular weight is 288 g/mol. The monoisotopic (exact) mass is 288 g/mol. The van der Waals surface area contributed by atoms with Gasteiger partial charge in [0.1, 0.15) is 5.82 Å². The number of ether oxygens (including phenoxy) is 1. The van der Waals surface area contributed by atoms with E-state index < -0.39 is 11.8 Å². The summed E-state index contributed by atoms with van der Waals surface area (Å²) in [6.07, 6.45) is 1.74. The lowest BCUT2D eigenvalue weighted by Crippen LogP contribution is -2.05. The second-order valence-corrected chi connectivity index (χ2v) is 4.73. The van der Waals surface area contributed by atoms with Crippen molar-refractivity contribution in [2.45, 2.75) is 19.4 Å². The molecule has 2 aromatic carbocycles. The van der Waals surface area contributed by atoms with Gasteiger partial charge in [-0.15, -0.1) is 0 Å². The molecule has 0 atom stereocenters. The highest BCUT2D eigenvalue weighted by molar-refractivity contribution is 5.88. The van der Waals surface area contributed by atoms with Gasteiger partial charge in [0.25, 0.3) is 0 Å². The van der Waals surface area contributed by atoms with Crippen molar-refractivity contribution in [2.75, 3.05) is 6.61 Å². The molecule has 0 spiro atoms. The number of aromatic carboxylic acids is 1.